The number of benzene rings is 3. The van der Waals surface area contributed by atoms with E-state index in [4.69, 9.17) is 4.74 Å². The van der Waals surface area contributed by atoms with Crippen LogP contribution in [0.2, 0.25) is 0 Å². The zero-order valence-electron chi connectivity index (χ0n) is 17.8. The largest absolute Gasteiger partial charge is 0.497 e. The molecule has 2 aliphatic rings. The molecule has 3 aromatic rings. The lowest BCUT2D eigenvalue weighted by atomic mass is 9.86. The van der Waals surface area contributed by atoms with Crippen LogP contribution in [0.3, 0.4) is 0 Å². The van der Waals surface area contributed by atoms with Crippen LogP contribution in [-0.4, -0.2) is 25.6 Å². The zero-order chi connectivity index (χ0) is 19.8. The molecule has 1 saturated carbocycles. The van der Waals surface area contributed by atoms with Gasteiger partial charge in [-0.2, -0.15) is 0 Å². The predicted molar refractivity (Wildman–Crippen MR) is 128 cm³/mol. The third-order valence-corrected chi connectivity index (χ3v) is 6.77. The quantitative estimate of drug-likeness (QED) is 0.447. The van der Waals surface area contributed by atoms with Crippen LogP contribution < -0.4 is 4.74 Å². The van der Waals surface area contributed by atoms with Gasteiger partial charge in [0.05, 0.1) is 7.11 Å². The van der Waals surface area contributed by atoms with Crippen molar-refractivity contribution >= 4 is 28.8 Å². The Morgan fingerprint density at radius 1 is 0.867 bits per heavy atom. The van der Waals surface area contributed by atoms with Crippen LogP contribution in [0.5, 0.6) is 5.75 Å². The van der Waals surface area contributed by atoms with Gasteiger partial charge in [-0.3, -0.25) is 4.90 Å². The Morgan fingerprint density at radius 2 is 1.60 bits per heavy atom. The summed E-state index contributed by atoms with van der Waals surface area (Å²) in [5, 5.41) is 2.55. The van der Waals surface area contributed by atoms with Gasteiger partial charge in [0.2, 0.25) is 0 Å². The van der Waals surface area contributed by atoms with Gasteiger partial charge in [-0.15, -0.1) is 12.4 Å². The Balaban J connectivity index is 0.00000218. The lowest BCUT2D eigenvalue weighted by molar-refractivity contribution is 0.343. The lowest BCUT2D eigenvalue weighted by Gasteiger charge is -2.25. The maximum atomic E-state index is 5.39. The van der Waals surface area contributed by atoms with E-state index in [0.29, 0.717) is 0 Å². The monoisotopic (exact) mass is 419 g/mol. The van der Waals surface area contributed by atoms with Crippen LogP contribution in [0, 0.1) is 11.8 Å². The molecule has 2 bridgehead atoms. The maximum absolute atomic E-state index is 5.39. The molecule has 2 unspecified atom stereocenters. The topological polar surface area (TPSA) is 12.5 Å². The number of methoxy groups -OCH3 is 1. The van der Waals surface area contributed by atoms with Crippen molar-refractivity contribution in [1.29, 1.82) is 0 Å². The van der Waals surface area contributed by atoms with E-state index in [1.54, 1.807) is 18.3 Å². The molecular weight excluding hydrogens is 390 g/mol. The Hall–Kier alpha value is -2.29. The van der Waals surface area contributed by atoms with Gasteiger partial charge >= 0.3 is 0 Å². The summed E-state index contributed by atoms with van der Waals surface area (Å²) < 4.78 is 5.39. The number of rotatable bonds is 6. The minimum absolute atomic E-state index is 0. The first-order valence-corrected chi connectivity index (χ1v) is 10.7. The second-order valence-electron chi connectivity index (χ2n) is 8.73. The van der Waals surface area contributed by atoms with E-state index < -0.39 is 0 Å². The lowest BCUT2D eigenvalue weighted by Crippen LogP contribution is -2.23. The van der Waals surface area contributed by atoms with E-state index in [9.17, 15) is 0 Å². The molecular formula is C27H30ClNO. The normalized spacial score (nSPS) is 20.1. The summed E-state index contributed by atoms with van der Waals surface area (Å²) in [6.07, 6.45) is 4.07. The van der Waals surface area contributed by atoms with Crippen LogP contribution in [0.4, 0.5) is 0 Å². The Bertz CT molecular complexity index is 1060. The SMILES string of the molecule is COc1ccc2cc(C3=C(CN(C)Cc4ccccc4)C4CCC3C4)ccc2c1.Cl. The number of allylic oxidation sites excluding steroid dienone is 1. The fourth-order valence-electron chi connectivity index (χ4n) is 5.44. The van der Waals surface area contributed by atoms with Gasteiger partial charge in [0, 0.05) is 13.1 Å². The fourth-order valence-corrected chi connectivity index (χ4v) is 5.44. The summed E-state index contributed by atoms with van der Waals surface area (Å²) in [5.74, 6) is 2.45. The van der Waals surface area contributed by atoms with Gasteiger partial charge in [0.1, 0.15) is 5.75 Å². The van der Waals surface area contributed by atoms with Gasteiger partial charge in [-0.1, -0.05) is 48.5 Å². The Labute approximate surface area is 186 Å². The van der Waals surface area contributed by atoms with Crippen molar-refractivity contribution in [3.8, 4) is 5.75 Å². The number of fused-ring (bicyclic) bond motifs is 3. The molecule has 0 aromatic heterocycles. The molecule has 0 aliphatic heterocycles. The highest BCUT2D eigenvalue weighted by molar-refractivity contribution is 5.88. The summed E-state index contributed by atoms with van der Waals surface area (Å²) >= 11 is 0. The van der Waals surface area contributed by atoms with Crippen molar-refractivity contribution in [2.45, 2.75) is 25.8 Å². The number of nitrogens with zero attached hydrogens (tertiary/aromatic N) is 1. The molecule has 5 rings (SSSR count). The van der Waals surface area contributed by atoms with Crippen molar-refractivity contribution in [2.24, 2.45) is 11.8 Å². The Morgan fingerprint density at radius 3 is 2.40 bits per heavy atom. The summed E-state index contributed by atoms with van der Waals surface area (Å²) in [6, 6.07) is 24.2. The van der Waals surface area contributed by atoms with Crippen molar-refractivity contribution in [3.05, 3.63) is 83.4 Å². The van der Waals surface area contributed by atoms with Crippen LogP contribution in [0.1, 0.15) is 30.4 Å². The van der Waals surface area contributed by atoms with Crippen LogP contribution in [0.25, 0.3) is 16.3 Å². The third kappa shape index (κ3) is 3.99. The van der Waals surface area contributed by atoms with Crippen LogP contribution in [0.15, 0.2) is 72.3 Å². The number of hydrogen-bond donors (Lipinski definition) is 0. The molecule has 3 aromatic carbocycles. The van der Waals surface area contributed by atoms with Crippen molar-refractivity contribution in [3.63, 3.8) is 0 Å². The van der Waals surface area contributed by atoms with Gasteiger partial charge in [0.15, 0.2) is 0 Å². The molecule has 3 heteroatoms. The first kappa shape index (κ1) is 21.0. The second-order valence-corrected chi connectivity index (χ2v) is 8.73. The molecule has 30 heavy (non-hydrogen) atoms. The molecule has 0 N–H and O–H groups in total. The first-order chi connectivity index (χ1) is 14.2. The average molecular weight is 420 g/mol. The number of hydrogen-bond acceptors (Lipinski definition) is 2. The highest BCUT2D eigenvalue weighted by atomic mass is 35.5. The third-order valence-electron chi connectivity index (χ3n) is 6.77. The minimum Gasteiger partial charge on any atom is -0.497 e. The van der Waals surface area contributed by atoms with Crippen LogP contribution in [-0.2, 0) is 6.54 Å². The minimum atomic E-state index is 0. The molecule has 0 radical (unpaired) electrons. The average Bonchev–Trinajstić information content (AvgIpc) is 3.35. The molecule has 0 spiro atoms. The molecule has 0 heterocycles. The van der Waals surface area contributed by atoms with E-state index >= 15 is 0 Å². The van der Waals surface area contributed by atoms with Crippen LogP contribution >= 0.6 is 12.4 Å². The summed E-state index contributed by atoms with van der Waals surface area (Å²) in [5.41, 5.74) is 6.14. The molecule has 156 valence electrons. The van der Waals surface area contributed by atoms with Gasteiger partial charge in [-0.05, 0) is 89.4 Å². The number of ether oxygens (including phenoxy) is 1. The molecule has 1 fully saturated rings. The number of likely N-dealkylation sites (N-methyl/N-ethyl adjacent to an activating group) is 1. The highest BCUT2D eigenvalue weighted by Crippen LogP contribution is 2.52. The Kier molecular flexibility index (Phi) is 6.17. The predicted octanol–water partition coefficient (Wildman–Crippen LogP) is 6.59. The van der Waals surface area contributed by atoms with E-state index in [-0.39, 0.29) is 12.4 Å². The summed E-state index contributed by atoms with van der Waals surface area (Å²) in [7, 11) is 3.99. The van der Waals surface area contributed by atoms with Gasteiger partial charge in [-0.25, -0.2) is 0 Å². The van der Waals surface area contributed by atoms with E-state index in [1.807, 2.05) is 0 Å². The van der Waals surface area contributed by atoms with Gasteiger partial charge < -0.3 is 4.74 Å². The maximum Gasteiger partial charge on any atom is 0.119 e. The number of halogens is 1. The van der Waals surface area contributed by atoms with Gasteiger partial charge in [0.25, 0.3) is 0 Å². The molecule has 2 aliphatic carbocycles. The van der Waals surface area contributed by atoms with Crippen molar-refractivity contribution in [2.75, 3.05) is 20.7 Å². The smallest absolute Gasteiger partial charge is 0.119 e. The van der Waals surface area contributed by atoms with Crippen molar-refractivity contribution in [1.82, 2.24) is 4.90 Å². The van der Waals surface area contributed by atoms with E-state index in [2.05, 4.69) is 78.7 Å². The highest BCUT2D eigenvalue weighted by Gasteiger charge is 2.39. The van der Waals surface area contributed by atoms with E-state index in [1.165, 1.54) is 41.2 Å². The second kappa shape index (κ2) is 8.83. The van der Waals surface area contributed by atoms with Crippen molar-refractivity contribution < 1.29 is 4.74 Å². The molecule has 0 amide bonds. The molecule has 0 saturated heterocycles. The van der Waals surface area contributed by atoms with E-state index in [0.717, 1.165) is 30.7 Å². The summed E-state index contributed by atoms with van der Waals surface area (Å²) in [4.78, 5) is 2.48. The fraction of sp³-hybridized carbons (Fsp3) is 0.333. The molecule has 2 atom stereocenters. The zero-order valence-corrected chi connectivity index (χ0v) is 18.6. The first-order valence-electron chi connectivity index (χ1n) is 10.7. The molecule has 2 nitrogen and oxygen atoms in total. The standard InChI is InChI=1S/C27H29NO.ClH/c1-28(17-19-6-4-3-5-7-19)18-26-22-9-11-24(15-22)27(26)23-10-8-21-16-25(29-2)13-12-20(21)14-23;/h3-8,10,12-14,16,22,24H,9,11,15,17-18H2,1-2H3;1H. The summed E-state index contributed by atoms with van der Waals surface area (Å²) in [6.45, 7) is 2.08.